The minimum atomic E-state index is -0.447. The van der Waals surface area contributed by atoms with E-state index in [1.165, 1.54) is 0 Å². The molecule has 4 heteroatoms. The Morgan fingerprint density at radius 2 is 1.94 bits per heavy atom. The second-order valence-corrected chi connectivity index (χ2v) is 3.98. The summed E-state index contributed by atoms with van der Waals surface area (Å²) in [7, 11) is 0. The van der Waals surface area contributed by atoms with Gasteiger partial charge in [-0.15, -0.1) is 5.48 Å². The summed E-state index contributed by atoms with van der Waals surface area (Å²) < 4.78 is 5.11. The Morgan fingerprint density at radius 1 is 1.29 bits per heavy atom. The Balaban J connectivity index is 2.45. The lowest BCUT2D eigenvalue weighted by atomic mass is 10.2. The highest BCUT2D eigenvalue weighted by molar-refractivity contribution is 5.75. The highest BCUT2D eigenvalue weighted by Crippen LogP contribution is 2.08. The molecule has 0 aliphatic rings. The van der Waals surface area contributed by atoms with Gasteiger partial charge in [-0.3, -0.25) is 4.79 Å². The molecule has 0 fully saturated rings. The third-order valence-electron chi connectivity index (χ3n) is 2.11. The monoisotopic (exact) mass is 237 g/mol. The third kappa shape index (κ3) is 4.87. The van der Waals surface area contributed by atoms with Gasteiger partial charge >= 0.3 is 5.97 Å². The molecule has 0 amide bonds. The van der Waals surface area contributed by atoms with E-state index in [0.29, 0.717) is 12.2 Å². The molecular weight excluding hydrogens is 218 g/mol. The maximum atomic E-state index is 11.6. The Bertz CT molecular complexity index is 338. The number of hydrogen-bond acceptors (Lipinski definition) is 4. The molecule has 0 saturated carbocycles. The molecule has 1 unspecified atom stereocenters. The van der Waals surface area contributed by atoms with Gasteiger partial charge in [-0.05, 0) is 32.4 Å². The van der Waals surface area contributed by atoms with Gasteiger partial charge in [0.15, 0.2) is 0 Å². The lowest BCUT2D eigenvalue weighted by molar-refractivity contribution is -0.152. The summed E-state index contributed by atoms with van der Waals surface area (Å²) in [5.74, 6) is 0.377. The van der Waals surface area contributed by atoms with E-state index in [1.54, 1.807) is 0 Å². The van der Waals surface area contributed by atoms with Gasteiger partial charge in [0.25, 0.3) is 0 Å². The molecule has 0 spiro atoms. The van der Waals surface area contributed by atoms with Crippen molar-refractivity contribution in [3.63, 3.8) is 0 Å². The Kier molecular flexibility index (Phi) is 5.49. The molecule has 0 aliphatic heterocycles. The minimum Gasteiger partial charge on any atom is -0.462 e. The number of hydrogen-bond donors (Lipinski definition) is 1. The van der Waals surface area contributed by atoms with Crippen LogP contribution in [0.4, 0.5) is 0 Å². The van der Waals surface area contributed by atoms with E-state index in [9.17, 15) is 4.79 Å². The summed E-state index contributed by atoms with van der Waals surface area (Å²) in [6.45, 7) is 5.54. The van der Waals surface area contributed by atoms with Crippen molar-refractivity contribution in [3.8, 4) is 5.75 Å². The number of ether oxygens (including phenoxy) is 1. The number of benzene rings is 1. The van der Waals surface area contributed by atoms with Crippen LogP contribution in [-0.4, -0.2) is 18.1 Å². The van der Waals surface area contributed by atoms with Crippen molar-refractivity contribution in [2.45, 2.75) is 39.3 Å². The zero-order valence-electron chi connectivity index (χ0n) is 10.5. The second-order valence-electron chi connectivity index (χ2n) is 3.98. The molecule has 0 aromatic heterocycles. The lowest BCUT2D eigenvalue weighted by Gasteiger charge is -2.17. The molecule has 1 aromatic carbocycles. The van der Waals surface area contributed by atoms with Crippen LogP contribution in [0.5, 0.6) is 5.75 Å². The van der Waals surface area contributed by atoms with Crippen molar-refractivity contribution in [1.29, 1.82) is 0 Å². The lowest BCUT2D eigenvalue weighted by Crippen LogP contribution is -2.40. The Morgan fingerprint density at radius 3 is 2.47 bits per heavy atom. The molecule has 4 nitrogen and oxygen atoms in total. The predicted molar refractivity (Wildman–Crippen MR) is 65.5 cm³/mol. The van der Waals surface area contributed by atoms with Crippen molar-refractivity contribution >= 4 is 5.97 Å². The first-order chi connectivity index (χ1) is 8.13. The van der Waals surface area contributed by atoms with Crippen molar-refractivity contribution in [1.82, 2.24) is 5.48 Å². The van der Waals surface area contributed by atoms with Gasteiger partial charge in [-0.25, -0.2) is 0 Å². The number of nitrogens with one attached hydrogen (secondary N) is 1. The molecule has 1 atom stereocenters. The zero-order valence-corrected chi connectivity index (χ0v) is 10.5. The van der Waals surface area contributed by atoms with E-state index < -0.39 is 6.04 Å². The number of rotatable bonds is 6. The maximum absolute atomic E-state index is 11.6. The van der Waals surface area contributed by atoms with Crippen LogP contribution < -0.4 is 10.3 Å². The summed E-state index contributed by atoms with van der Waals surface area (Å²) in [4.78, 5) is 17.0. The molecular formula is C13H19NO3. The van der Waals surface area contributed by atoms with Gasteiger partial charge in [0, 0.05) is 0 Å². The summed E-state index contributed by atoms with van der Waals surface area (Å²) in [6, 6.07) is 8.81. The standard InChI is InChI=1S/C13H19NO3/c1-4-12(13(15)16-10(2)3)14-17-11-8-6-5-7-9-11/h5-10,12,14H,4H2,1-3H3. The molecule has 17 heavy (non-hydrogen) atoms. The van der Waals surface area contributed by atoms with E-state index in [4.69, 9.17) is 9.57 Å². The second kappa shape index (κ2) is 6.91. The number of carbonyl (C=O) groups is 1. The molecule has 0 heterocycles. The molecule has 1 N–H and O–H groups in total. The predicted octanol–water partition coefficient (Wildman–Crippen LogP) is 2.30. The highest BCUT2D eigenvalue weighted by atomic mass is 16.7. The molecule has 0 aliphatic carbocycles. The molecule has 0 radical (unpaired) electrons. The molecule has 94 valence electrons. The SMILES string of the molecule is CCC(NOc1ccccc1)C(=O)OC(C)C. The van der Waals surface area contributed by atoms with Crippen LogP contribution in [0, 0.1) is 0 Å². The number of para-hydroxylation sites is 1. The van der Waals surface area contributed by atoms with Crippen LogP contribution in [-0.2, 0) is 9.53 Å². The maximum Gasteiger partial charge on any atom is 0.326 e. The first-order valence-corrected chi connectivity index (χ1v) is 5.81. The van der Waals surface area contributed by atoms with Crippen LogP contribution in [0.25, 0.3) is 0 Å². The largest absolute Gasteiger partial charge is 0.462 e. The topological polar surface area (TPSA) is 47.6 Å². The molecule has 0 bridgehead atoms. The van der Waals surface area contributed by atoms with Gasteiger partial charge in [0.05, 0.1) is 6.10 Å². The highest BCUT2D eigenvalue weighted by Gasteiger charge is 2.19. The van der Waals surface area contributed by atoms with E-state index in [-0.39, 0.29) is 12.1 Å². The van der Waals surface area contributed by atoms with Crippen molar-refractivity contribution in [2.75, 3.05) is 0 Å². The fourth-order valence-electron chi connectivity index (χ4n) is 1.24. The van der Waals surface area contributed by atoms with E-state index in [2.05, 4.69) is 5.48 Å². The minimum absolute atomic E-state index is 0.116. The average Bonchev–Trinajstić information content (AvgIpc) is 2.30. The average molecular weight is 237 g/mol. The first kappa shape index (κ1) is 13.5. The molecule has 0 saturated heterocycles. The molecule has 1 rings (SSSR count). The number of esters is 1. The van der Waals surface area contributed by atoms with Crippen molar-refractivity contribution in [2.24, 2.45) is 0 Å². The van der Waals surface area contributed by atoms with Crippen LogP contribution in [0.1, 0.15) is 27.2 Å². The zero-order chi connectivity index (χ0) is 12.7. The van der Waals surface area contributed by atoms with Gasteiger partial charge in [-0.2, -0.15) is 0 Å². The fraction of sp³-hybridized carbons (Fsp3) is 0.462. The van der Waals surface area contributed by atoms with Crippen LogP contribution in [0.3, 0.4) is 0 Å². The van der Waals surface area contributed by atoms with Gasteiger partial charge in [0.1, 0.15) is 11.8 Å². The summed E-state index contributed by atoms with van der Waals surface area (Å²) >= 11 is 0. The summed E-state index contributed by atoms with van der Waals surface area (Å²) in [5, 5.41) is 0. The van der Waals surface area contributed by atoms with Crippen LogP contribution >= 0.6 is 0 Å². The van der Waals surface area contributed by atoms with E-state index in [0.717, 1.165) is 0 Å². The fourth-order valence-corrected chi connectivity index (χ4v) is 1.24. The third-order valence-corrected chi connectivity index (χ3v) is 2.11. The normalized spacial score (nSPS) is 12.2. The first-order valence-electron chi connectivity index (χ1n) is 5.81. The number of hydroxylamine groups is 1. The van der Waals surface area contributed by atoms with Gasteiger partial charge in [0.2, 0.25) is 0 Å². The van der Waals surface area contributed by atoms with Gasteiger partial charge in [-0.1, -0.05) is 25.1 Å². The van der Waals surface area contributed by atoms with Crippen molar-refractivity contribution in [3.05, 3.63) is 30.3 Å². The molecule has 1 aromatic rings. The van der Waals surface area contributed by atoms with E-state index in [1.807, 2.05) is 51.1 Å². The van der Waals surface area contributed by atoms with Crippen molar-refractivity contribution < 1.29 is 14.4 Å². The smallest absolute Gasteiger partial charge is 0.326 e. The Hall–Kier alpha value is -1.55. The summed E-state index contributed by atoms with van der Waals surface area (Å²) in [5.41, 5.74) is 2.72. The van der Waals surface area contributed by atoms with Crippen LogP contribution in [0.2, 0.25) is 0 Å². The summed E-state index contributed by atoms with van der Waals surface area (Å²) in [6.07, 6.45) is 0.494. The Labute approximate surface area is 102 Å². The van der Waals surface area contributed by atoms with Crippen LogP contribution in [0.15, 0.2) is 30.3 Å². The van der Waals surface area contributed by atoms with E-state index >= 15 is 0 Å². The van der Waals surface area contributed by atoms with Gasteiger partial charge < -0.3 is 9.57 Å². The number of carbonyl (C=O) groups excluding carboxylic acids is 1. The quantitative estimate of drug-likeness (QED) is 0.609.